The topological polar surface area (TPSA) is 105 Å². The van der Waals surface area contributed by atoms with Gasteiger partial charge in [-0.1, -0.05) is 99.5 Å². The summed E-state index contributed by atoms with van der Waals surface area (Å²) in [7, 11) is 0. The van der Waals surface area contributed by atoms with Crippen LogP contribution in [0.5, 0.6) is 11.5 Å². The summed E-state index contributed by atoms with van der Waals surface area (Å²) < 4.78 is 21.6. The van der Waals surface area contributed by atoms with Crippen molar-refractivity contribution in [3.63, 3.8) is 0 Å². The highest BCUT2D eigenvalue weighted by molar-refractivity contribution is 7.99. The van der Waals surface area contributed by atoms with Crippen molar-refractivity contribution < 1.29 is 38.1 Å². The van der Waals surface area contributed by atoms with Gasteiger partial charge in [0.2, 0.25) is 0 Å². The van der Waals surface area contributed by atoms with E-state index in [9.17, 15) is 19.2 Å². The van der Waals surface area contributed by atoms with E-state index in [0.29, 0.717) is 54.3 Å². The van der Waals surface area contributed by atoms with Gasteiger partial charge in [-0.3, -0.25) is 9.59 Å². The Morgan fingerprint density at radius 3 is 1.26 bits per heavy atom. The molecule has 0 aliphatic rings. The Labute approximate surface area is 371 Å². The van der Waals surface area contributed by atoms with Gasteiger partial charge in [-0.2, -0.15) is 23.5 Å². The maximum absolute atomic E-state index is 12.4. The summed E-state index contributed by atoms with van der Waals surface area (Å²) in [5.41, 5.74) is 3.18. The number of carbonyl (C=O) groups excluding carboxylic acids is 4. The molecule has 4 rings (SSSR count). The summed E-state index contributed by atoms with van der Waals surface area (Å²) in [5.74, 6) is 5.42. The van der Waals surface area contributed by atoms with Crippen LogP contribution in [0.3, 0.4) is 0 Å². The SMILES string of the molecule is C=C(C)C(=O)OCCCCCCSCCCOc1ccc(C(=O)c2ccccc2)cc1.C=CC(=O)OCCCCCCSCCCOc1ccc(C(=O)c2ccccc2)cc1. The molecule has 0 saturated heterocycles. The van der Waals surface area contributed by atoms with Crippen molar-refractivity contribution in [1.29, 1.82) is 0 Å². The third-order valence-corrected chi connectivity index (χ3v) is 11.4. The minimum Gasteiger partial charge on any atom is -0.494 e. The zero-order valence-electron chi connectivity index (χ0n) is 35.7. The van der Waals surface area contributed by atoms with Crippen LogP contribution in [0.2, 0.25) is 0 Å². The van der Waals surface area contributed by atoms with Gasteiger partial charge < -0.3 is 18.9 Å². The maximum Gasteiger partial charge on any atom is 0.333 e. The summed E-state index contributed by atoms with van der Waals surface area (Å²) in [6.07, 6.45) is 11.8. The van der Waals surface area contributed by atoms with E-state index in [1.54, 1.807) is 6.92 Å². The van der Waals surface area contributed by atoms with Crippen LogP contribution in [-0.4, -0.2) is 72.9 Å². The Morgan fingerprint density at radius 1 is 0.475 bits per heavy atom. The molecule has 4 aromatic rings. The summed E-state index contributed by atoms with van der Waals surface area (Å²) in [6.45, 7) is 10.9. The van der Waals surface area contributed by atoms with Crippen molar-refractivity contribution in [2.24, 2.45) is 0 Å². The number of carbonyl (C=O) groups is 4. The molecule has 0 fully saturated rings. The average Bonchev–Trinajstić information content (AvgIpc) is 3.30. The molecule has 0 unspecified atom stereocenters. The number of ether oxygens (including phenoxy) is 4. The molecule has 0 bridgehead atoms. The Hall–Kier alpha value is -5.06. The van der Waals surface area contributed by atoms with Gasteiger partial charge in [0, 0.05) is 33.9 Å². The first kappa shape index (κ1) is 50.3. The first-order chi connectivity index (χ1) is 29.8. The molecular weight excluding hydrogens is 805 g/mol. The van der Waals surface area contributed by atoms with Crippen molar-refractivity contribution in [2.75, 3.05) is 49.4 Å². The Morgan fingerprint density at radius 2 is 0.852 bits per heavy atom. The van der Waals surface area contributed by atoms with Gasteiger partial charge in [-0.25, -0.2) is 9.59 Å². The highest BCUT2D eigenvalue weighted by Gasteiger charge is 2.10. The third-order valence-electron chi connectivity index (χ3n) is 9.07. The lowest BCUT2D eigenvalue weighted by Gasteiger charge is -2.07. The van der Waals surface area contributed by atoms with E-state index < -0.39 is 0 Å². The second kappa shape index (κ2) is 31.8. The number of esters is 2. The van der Waals surface area contributed by atoms with E-state index >= 15 is 0 Å². The molecule has 0 atom stereocenters. The number of hydrogen-bond donors (Lipinski definition) is 0. The lowest BCUT2D eigenvalue weighted by atomic mass is 10.0. The summed E-state index contributed by atoms with van der Waals surface area (Å²) >= 11 is 3.88. The van der Waals surface area contributed by atoms with Gasteiger partial charge in [0.05, 0.1) is 26.4 Å². The molecule has 8 nitrogen and oxygen atoms in total. The minimum atomic E-state index is -0.343. The Kier molecular flexibility index (Phi) is 26.2. The summed E-state index contributed by atoms with van der Waals surface area (Å²) in [6, 6.07) is 33.3. The largest absolute Gasteiger partial charge is 0.494 e. The molecular formula is C51H62O8S2. The zero-order chi connectivity index (χ0) is 43.8. The van der Waals surface area contributed by atoms with Crippen molar-refractivity contribution in [2.45, 2.75) is 71.1 Å². The van der Waals surface area contributed by atoms with E-state index in [0.717, 1.165) is 85.9 Å². The standard InChI is InChI=1S/C26H32O4S.C25H30O4S/c1-21(2)26(28)30-17-8-3-4-9-19-31-20-10-18-29-24-15-13-23(14-16-24)25(27)22-11-6-5-7-12-22;1-2-24(26)29-17-8-3-4-9-19-30-20-10-18-28-23-15-13-22(14-16-23)25(27)21-11-6-5-7-12-21/h5-7,11-16H,1,3-4,8-10,17-20H2,2H3;2,5-7,11-16H,1,3-4,8-10,17-20H2. The molecule has 0 radical (unpaired) electrons. The van der Waals surface area contributed by atoms with Crippen LogP contribution in [-0.2, 0) is 19.1 Å². The molecule has 0 heterocycles. The lowest BCUT2D eigenvalue weighted by Crippen LogP contribution is -2.06. The van der Waals surface area contributed by atoms with Gasteiger partial charge in [-0.15, -0.1) is 0 Å². The lowest BCUT2D eigenvalue weighted by molar-refractivity contribution is -0.139. The highest BCUT2D eigenvalue weighted by Crippen LogP contribution is 2.18. The van der Waals surface area contributed by atoms with Crippen LogP contribution in [0, 0.1) is 0 Å². The number of ketones is 2. The molecule has 4 aromatic carbocycles. The van der Waals surface area contributed by atoms with Gasteiger partial charge in [0.15, 0.2) is 11.6 Å². The van der Waals surface area contributed by atoms with E-state index in [1.807, 2.05) is 133 Å². The van der Waals surface area contributed by atoms with E-state index in [2.05, 4.69) is 13.2 Å². The second-order valence-electron chi connectivity index (χ2n) is 14.2. The Bertz CT molecular complexity index is 1860. The molecule has 326 valence electrons. The number of rotatable bonds is 30. The zero-order valence-corrected chi connectivity index (χ0v) is 37.3. The molecule has 0 saturated carbocycles. The second-order valence-corrected chi connectivity index (χ2v) is 16.6. The van der Waals surface area contributed by atoms with Crippen LogP contribution in [0.25, 0.3) is 0 Å². The van der Waals surface area contributed by atoms with Gasteiger partial charge >= 0.3 is 11.9 Å². The summed E-state index contributed by atoms with van der Waals surface area (Å²) in [4.78, 5) is 46.9. The quantitative estimate of drug-likeness (QED) is 0.0218. The van der Waals surface area contributed by atoms with Gasteiger partial charge in [0.1, 0.15) is 11.5 Å². The first-order valence-corrected chi connectivity index (χ1v) is 23.5. The summed E-state index contributed by atoms with van der Waals surface area (Å²) in [5, 5.41) is 0. The van der Waals surface area contributed by atoms with Crippen molar-refractivity contribution in [1.82, 2.24) is 0 Å². The molecule has 61 heavy (non-hydrogen) atoms. The van der Waals surface area contributed by atoms with E-state index in [-0.39, 0.29) is 23.5 Å². The number of benzene rings is 4. The molecule has 0 amide bonds. The van der Waals surface area contributed by atoms with Crippen molar-refractivity contribution in [3.8, 4) is 11.5 Å². The Balaban J connectivity index is 0.000000325. The van der Waals surface area contributed by atoms with Crippen LogP contribution < -0.4 is 9.47 Å². The number of unbranched alkanes of at least 4 members (excludes halogenated alkanes) is 6. The molecule has 0 aromatic heterocycles. The first-order valence-electron chi connectivity index (χ1n) is 21.2. The van der Waals surface area contributed by atoms with Crippen LogP contribution in [0.4, 0.5) is 0 Å². The fourth-order valence-corrected chi connectivity index (χ4v) is 7.53. The molecule has 10 heteroatoms. The highest BCUT2D eigenvalue weighted by atomic mass is 32.2. The normalized spacial score (nSPS) is 10.4. The van der Waals surface area contributed by atoms with Crippen molar-refractivity contribution in [3.05, 3.63) is 156 Å². The van der Waals surface area contributed by atoms with Gasteiger partial charge in [0.25, 0.3) is 0 Å². The smallest absolute Gasteiger partial charge is 0.333 e. The maximum atomic E-state index is 12.4. The minimum absolute atomic E-state index is 0.0244. The number of hydrogen-bond acceptors (Lipinski definition) is 10. The predicted molar refractivity (Wildman–Crippen MR) is 251 cm³/mol. The third kappa shape index (κ3) is 22.4. The number of thioether (sulfide) groups is 2. The van der Waals surface area contributed by atoms with Crippen molar-refractivity contribution >= 4 is 47.0 Å². The average molecular weight is 867 g/mol. The van der Waals surface area contributed by atoms with Gasteiger partial charge in [-0.05, 0) is 117 Å². The van der Waals surface area contributed by atoms with Crippen LogP contribution in [0.15, 0.2) is 134 Å². The fourth-order valence-electron chi connectivity index (χ4n) is 5.66. The van der Waals surface area contributed by atoms with E-state index in [1.165, 1.54) is 18.9 Å². The fraction of sp³-hybridized carbons (Fsp3) is 0.373. The van der Waals surface area contributed by atoms with Crippen LogP contribution >= 0.6 is 23.5 Å². The molecule has 0 N–H and O–H groups in total. The van der Waals surface area contributed by atoms with E-state index in [4.69, 9.17) is 18.9 Å². The molecule has 0 spiro atoms. The van der Waals surface area contributed by atoms with Crippen LogP contribution in [0.1, 0.15) is 103 Å². The monoisotopic (exact) mass is 866 g/mol. The molecule has 0 aliphatic carbocycles. The molecule has 0 aliphatic heterocycles. The predicted octanol–water partition coefficient (Wildman–Crippen LogP) is 11.8.